The number of nitrogens with two attached hydrogens (primary N) is 1. The summed E-state index contributed by atoms with van der Waals surface area (Å²) in [6.45, 7) is 1.99. The van der Waals surface area contributed by atoms with Gasteiger partial charge in [-0.3, -0.25) is 4.79 Å². The van der Waals surface area contributed by atoms with Crippen molar-refractivity contribution in [3.63, 3.8) is 0 Å². The minimum Gasteiger partial charge on any atom is -0.495 e. The number of amides is 1. The summed E-state index contributed by atoms with van der Waals surface area (Å²) >= 11 is 0. The second kappa shape index (κ2) is 7.84. The van der Waals surface area contributed by atoms with Gasteiger partial charge in [0.1, 0.15) is 28.5 Å². The monoisotopic (exact) mass is 476 g/mol. The molecule has 0 unspecified atom stereocenters. The predicted octanol–water partition coefficient (Wildman–Crippen LogP) is 2.13. The quantitative estimate of drug-likeness (QED) is 0.379. The molecule has 4 heterocycles. The van der Waals surface area contributed by atoms with Crippen molar-refractivity contribution in [2.75, 3.05) is 13.7 Å². The van der Waals surface area contributed by atoms with Gasteiger partial charge < -0.3 is 20.2 Å². The fourth-order valence-corrected chi connectivity index (χ4v) is 5.41. The van der Waals surface area contributed by atoms with Crippen LogP contribution < -0.4 is 15.8 Å². The second-order valence-corrected chi connectivity index (χ2v) is 9.76. The number of hydrogen-bond acceptors (Lipinski definition) is 7. The molecular formula is C24H25FN8O2. The number of methoxy groups -OCH3 is 1. The summed E-state index contributed by atoms with van der Waals surface area (Å²) in [6.07, 6.45) is 9.27. The number of rotatable bonds is 9. The molecule has 2 bridgehead atoms. The molecule has 7 rings (SSSR count). The molecular weight excluding hydrogens is 451 g/mol. The van der Waals surface area contributed by atoms with Gasteiger partial charge in [-0.2, -0.15) is 0 Å². The van der Waals surface area contributed by atoms with E-state index in [0.29, 0.717) is 42.8 Å². The number of nitrogens with zero attached hydrogens (tertiary/aromatic N) is 6. The van der Waals surface area contributed by atoms with Crippen molar-refractivity contribution in [3.05, 3.63) is 59.9 Å². The van der Waals surface area contributed by atoms with Crippen LogP contribution >= 0.6 is 0 Å². The number of primary amides is 1. The Labute approximate surface area is 200 Å². The van der Waals surface area contributed by atoms with Gasteiger partial charge in [0, 0.05) is 31.0 Å². The molecule has 4 aromatic rings. The van der Waals surface area contributed by atoms with Crippen LogP contribution in [-0.2, 0) is 13.1 Å². The number of ether oxygens (including phenoxy) is 1. The first-order valence-electron chi connectivity index (χ1n) is 11.4. The van der Waals surface area contributed by atoms with Crippen LogP contribution in [0.2, 0.25) is 0 Å². The first kappa shape index (κ1) is 21.7. The normalized spacial score (nSPS) is 22.6. The number of fused-ring (bicyclic) bond motifs is 1. The van der Waals surface area contributed by atoms with Gasteiger partial charge in [-0.05, 0) is 42.4 Å². The lowest BCUT2D eigenvalue weighted by Gasteiger charge is -2.66. The van der Waals surface area contributed by atoms with E-state index in [-0.39, 0.29) is 11.1 Å². The largest absolute Gasteiger partial charge is 0.495 e. The Morgan fingerprint density at radius 1 is 1.26 bits per heavy atom. The Balaban J connectivity index is 1.14. The Hall–Kier alpha value is -3.86. The van der Waals surface area contributed by atoms with Gasteiger partial charge in [-0.15, -0.1) is 5.10 Å². The standard InChI is InChI=1S/C24H25FN8O2/c1-35-17-4-18(21(22(26)34)28-6-17)19-10-33(31-30-19)9-16-8-32-7-15(2-3-20(32)29-16)5-27-14-23-11-24(25,12-23)13-23/h2-4,6-8,10,27H,5,9,11-14H2,1H3,(H2,26,34). The molecule has 0 saturated heterocycles. The number of hydrogen-bond donors (Lipinski definition) is 2. The van der Waals surface area contributed by atoms with Gasteiger partial charge >= 0.3 is 0 Å². The molecule has 0 radical (unpaired) electrons. The maximum atomic E-state index is 13.7. The third kappa shape index (κ3) is 3.91. The third-order valence-electron chi connectivity index (χ3n) is 6.94. The molecule has 4 aromatic heterocycles. The summed E-state index contributed by atoms with van der Waals surface area (Å²) in [5.74, 6) is -0.167. The van der Waals surface area contributed by atoms with Crippen molar-refractivity contribution >= 4 is 11.6 Å². The van der Waals surface area contributed by atoms with Crippen molar-refractivity contribution in [2.24, 2.45) is 11.1 Å². The molecule has 180 valence electrons. The molecule has 3 N–H and O–H groups in total. The van der Waals surface area contributed by atoms with Gasteiger partial charge in [-0.25, -0.2) is 19.0 Å². The van der Waals surface area contributed by atoms with E-state index < -0.39 is 11.6 Å². The van der Waals surface area contributed by atoms with Gasteiger partial charge in [0.25, 0.3) is 5.91 Å². The minimum atomic E-state index is -0.854. The molecule has 0 aromatic carbocycles. The number of alkyl halides is 1. The van der Waals surface area contributed by atoms with Gasteiger partial charge in [0.05, 0.1) is 31.7 Å². The number of carbonyl (C=O) groups excluding carboxylic acids is 1. The SMILES string of the molecule is COc1cnc(C(N)=O)c(-c2cn(Cc3cn4cc(CNCC56CC(F)(C5)C6)ccc4n3)nn2)c1. The zero-order valence-electron chi connectivity index (χ0n) is 19.2. The summed E-state index contributed by atoms with van der Waals surface area (Å²) in [7, 11) is 1.52. The average Bonchev–Trinajstić information content (AvgIpc) is 3.43. The van der Waals surface area contributed by atoms with Crippen LogP contribution in [0.5, 0.6) is 5.75 Å². The summed E-state index contributed by atoms with van der Waals surface area (Å²) < 4.78 is 22.5. The summed E-state index contributed by atoms with van der Waals surface area (Å²) in [5.41, 5.74) is 8.60. The van der Waals surface area contributed by atoms with E-state index in [1.54, 1.807) is 16.9 Å². The van der Waals surface area contributed by atoms with E-state index in [1.165, 1.54) is 13.3 Å². The van der Waals surface area contributed by atoms with Crippen LogP contribution in [0.4, 0.5) is 4.39 Å². The summed E-state index contributed by atoms with van der Waals surface area (Å²) in [5, 5.41) is 11.8. The predicted molar refractivity (Wildman–Crippen MR) is 124 cm³/mol. The lowest BCUT2D eigenvalue weighted by atomic mass is 9.42. The van der Waals surface area contributed by atoms with Gasteiger partial charge in [0.2, 0.25) is 0 Å². The molecule has 3 aliphatic carbocycles. The van der Waals surface area contributed by atoms with Crippen LogP contribution in [0, 0.1) is 5.41 Å². The maximum Gasteiger partial charge on any atom is 0.268 e. The lowest BCUT2D eigenvalue weighted by molar-refractivity contribution is -0.209. The van der Waals surface area contributed by atoms with Gasteiger partial charge in [-0.1, -0.05) is 11.3 Å². The molecule has 0 atom stereocenters. The highest BCUT2D eigenvalue weighted by molar-refractivity contribution is 5.97. The molecule has 0 spiro atoms. The van der Waals surface area contributed by atoms with Crippen LogP contribution in [0.1, 0.15) is 41.0 Å². The number of halogens is 1. The Morgan fingerprint density at radius 3 is 2.83 bits per heavy atom. The zero-order chi connectivity index (χ0) is 24.2. The summed E-state index contributed by atoms with van der Waals surface area (Å²) in [6, 6.07) is 5.68. The van der Waals surface area contributed by atoms with E-state index in [2.05, 4.69) is 25.6 Å². The maximum absolute atomic E-state index is 13.7. The average molecular weight is 477 g/mol. The van der Waals surface area contributed by atoms with Crippen molar-refractivity contribution in [3.8, 4) is 17.0 Å². The van der Waals surface area contributed by atoms with Crippen LogP contribution in [-0.4, -0.2) is 54.6 Å². The van der Waals surface area contributed by atoms with E-state index in [4.69, 9.17) is 10.5 Å². The highest BCUT2D eigenvalue weighted by Crippen LogP contribution is 2.69. The van der Waals surface area contributed by atoms with Crippen molar-refractivity contribution < 1.29 is 13.9 Å². The van der Waals surface area contributed by atoms with Crippen molar-refractivity contribution in [1.29, 1.82) is 0 Å². The smallest absolute Gasteiger partial charge is 0.268 e. The van der Waals surface area contributed by atoms with E-state index in [1.807, 2.05) is 28.9 Å². The minimum absolute atomic E-state index is 0.102. The first-order chi connectivity index (χ1) is 16.8. The molecule has 10 nitrogen and oxygen atoms in total. The van der Waals surface area contributed by atoms with Crippen LogP contribution in [0.15, 0.2) is 43.0 Å². The number of pyridine rings is 2. The zero-order valence-corrected chi connectivity index (χ0v) is 19.2. The molecule has 3 saturated carbocycles. The number of imidazole rings is 1. The fourth-order valence-electron chi connectivity index (χ4n) is 5.41. The van der Waals surface area contributed by atoms with E-state index in [0.717, 1.165) is 30.0 Å². The Bertz CT molecular complexity index is 1420. The number of nitrogens with one attached hydrogen (secondary N) is 1. The van der Waals surface area contributed by atoms with Gasteiger partial charge in [0.15, 0.2) is 0 Å². The fraction of sp³-hybridized carbons (Fsp3) is 0.375. The van der Waals surface area contributed by atoms with Crippen LogP contribution in [0.3, 0.4) is 0 Å². The number of carbonyl (C=O) groups is 1. The Kier molecular flexibility index (Phi) is 4.85. The van der Waals surface area contributed by atoms with Crippen molar-refractivity contribution in [1.82, 2.24) is 34.7 Å². The van der Waals surface area contributed by atoms with E-state index in [9.17, 15) is 9.18 Å². The number of aromatic nitrogens is 6. The molecule has 0 aliphatic heterocycles. The molecule has 3 aliphatic rings. The summed E-state index contributed by atoms with van der Waals surface area (Å²) in [4.78, 5) is 20.6. The van der Waals surface area contributed by atoms with Crippen LogP contribution in [0.25, 0.3) is 16.9 Å². The molecule has 1 amide bonds. The first-order valence-corrected chi connectivity index (χ1v) is 11.4. The lowest BCUT2D eigenvalue weighted by Crippen LogP contribution is -2.67. The highest BCUT2D eigenvalue weighted by Gasteiger charge is 2.68. The Morgan fingerprint density at radius 2 is 2.09 bits per heavy atom. The third-order valence-corrected chi connectivity index (χ3v) is 6.94. The molecule has 11 heteroatoms. The topological polar surface area (TPSA) is 125 Å². The van der Waals surface area contributed by atoms with Crippen molar-refractivity contribution in [2.45, 2.75) is 38.0 Å². The molecule has 3 fully saturated rings. The second-order valence-electron chi connectivity index (χ2n) is 9.76. The molecule has 35 heavy (non-hydrogen) atoms. The highest BCUT2D eigenvalue weighted by atomic mass is 19.1. The van der Waals surface area contributed by atoms with E-state index >= 15 is 0 Å².